The Hall–Kier alpha value is -2.01. The average molecular weight is 335 g/mol. The molecule has 0 aromatic heterocycles. The first-order chi connectivity index (χ1) is 9.38. The summed E-state index contributed by atoms with van der Waals surface area (Å²) < 4.78 is 6.80. The number of primary amides is 1. The molecule has 5 heteroatoms. The van der Waals surface area contributed by atoms with Crippen LogP contribution in [0.4, 0.5) is 5.69 Å². The fraction of sp³-hybridized carbons (Fsp3) is 0.133. The Morgan fingerprint density at radius 2 is 1.75 bits per heavy atom. The van der Waals surface area contributed by atoms with E-state index < -0.39 is 5.91 Å². The van der Waals surface area contributed by atoms with Crippen LogP contribution in [0.15, 0.2) is 34.8 Å². The Balaban J connectivity index is 2.44. The standard InChI is InChI=1S/C15H15BrN2O2/c1-8-5-11(6-9(2)14(8)16)20-13-7-10(17)3-4-12(13)15(18)19/h3-7H,17H2,1-2H3,(H2,18,19). The fourth-order valence-electron chi connectivity index (χ4n) is 1.92. The molecule has 0 radical (unpaired) electrons. The first-order valence-electron chi connectivity index (χ1n) is 6.02. The van der Waals surface area contributed by atoms with E-state index in [0.29, 0.717) is 22.7 Å². The largest absolute Gasteiger partial charge is 0.456 e. The zero-order chi connectivity index (χ0) is 14.9. The molecule has 0 aliphatic heterocycles. The minimum Gasteiger partial charge on any atom is -0.456 e. The third kappa shape index (κ3) is 2.93. The van der Waals surface area contributed by atoms with Crippen molar-refractivity contribution in [1.29, 1.82) is 0 Å². The van der Waals surface area contributed by atoms with Crippen LogP contribution in [0.25, 0.3) is 0 Å². The van der Waals surface area contributed by atoms with Crippen molar-refractivity contribution in [2.75, 3.05) is 5.73 Å². The Morgan fingerprint density at radius 3 is 2.30 bits per heavy atom. The zero-order valence-electron chi connectivity index (χ0n) is 11.2. The van der Waals surface area contributed by atoms with E-state index in [9.17, 15) is 4.79 Å². The van der Waals surface area contributed by atoms with Gasteiger partial charge < -0.3 is 16.2 Å². The summed E-state index contributed by atoms with van der Waals surface area (Å²) >= 11 is 3.50. The lowest BCUT2D eigenvalue weighted by Crippen LogP contribution is -2.12. The predicted molar refractivity (Wildman–Crippen MR) is 83.1 cm³/mol. The summed E-state index contributed by atoms with van der Waals surface area (Å²) in [7, 11) is 0. The number of benzene rings is 2. The molecule has 2 aromatic carbocycles. The summed E-state index contributed by atoms with van der Waals surface area (Å²) in [4.78, 5) is 11.4. The van der Waals surface area contributed by atoms with Gasteiger partial charge in [0.2, 0.25) is 0 Å². The molecule has 104 valence electrons. The first-order valence-corrected chi connectivity index (χ1v) is 6.81. The summed E-state index contributed by atoms with van der Waals surface area (Å²) in [5.74, 6) is 0.445. The molecule has 0 aliphatic rings. The molecule has 0 aliphatic carbocycles. The number of anilines is 1. The number of hydrogen-bond acceptors (Lipinski definition) is 3. The van der Waals surface area contributed by atoms with Crippen molar-refractivity contribution in [2.24, 2.45) is 5.73 Å². The number of aryl methyl sites for hydroxylation is 2. The maximum Gasteiger partial charge on any atom is 0.252 e. The zero-order valence-corrected chi connectivity index (χ0v) is 12.8. The van der Waals surface area contributed by atoms with Gasteiger partial charge in [0.25, 0.3) is 5.91 Å². The molecule has 0 fully saturated rings. The molecular formula is C15H15BrN2O2. The molecule has 1 amide bonds. The number of nitrogens with two attached hydrogens (primary N) is 2. The van der Waals surface area contributed by atoms with Gasteiger partial charge in [0, 0.05) is 16.2 Å². The van der Waals surface area contributed by atoms with Crippen molar-refractivity contribution in [3.8, 4) is 11.5 Å². The number of nitrogen functional groups attached to an aromatic ring is 1. The summed E-state index contributed by atoms with van der Waals surface area (Å²) in [6, 6.07) is 8.53. The second-order valence-electron chi connectivity index (χ2n) is 4.59. The fourth-order valence-corrected chi connectivity index (χ4v) is 2.15. The average Bonchev–Trinajstić information content (AvgIpc) is 2.35. The minimum atomic E-state index is -0.550. The molecule has 0 spiro atoms. The van der Waals surface area contributed by atoms with Crippen molar-refractivity contribution in [2.45, 2.75) is 13.8 Å². The van der Waals surface area contributed by atoms with Crippen LogP contribution in [0, 0.1) is 13.8 Å². The number of halogens is 1. The predicted octanol–water partition coefficient (Wildman–Crippen LogP) is 3.54. The molecular weight excluding hydrogens is 320 g/mol. The molecule has 20 heavy (non-hydrogen) atoms. The number of rotatable bonds is 3. The van der Waals surface area contributed by atoms with Gasteiger partial charge in [-0.05, 0) is 49.2 Å². The summed E-state index contributed by atoms with van der Waals surface area (Å²) in [5, 5.41) is 0. The lowest BCUT2D eigenvalue weighted by atomic mass is 10.1. The topological polar surface area (TPSA) is 78.3 Å². The van der Waals surface area contributed by atoms with Gasteiger partial charge in [-0.2, -0.15) is 0 Å². The highest BCUT2D eigenvalue weighted by Gasteiger charge is 2.12. The smallest absolute Gasteiger partial charge is 0.252 e. The van der Waals surface area contributed by atoms with E-state index in [1.54, 1.807) is 18.2 Å². The van der Waals surface area contributed by atoms with Crippen molar-refractivity contribution in [3.05, 3.63) is 51.5 Å². The van der Waals surface area contributed by atoms with E-state index in [1.165, 1.54) is 0 Å². The second kappa shape index (κ2) is 5.54. The van der Waals surface area contributed by atoms with Crippen LogP contribution in [0.5, 0.6) is 11.5 Å². The minimum absolute atomic E-state index is 0.303. The Kier molecular flexibility index (Phi) is 3.99. The van der Waals surface area contributed by atoms with Crippen LogP contribution in [-0.2, 0) is 0 Å². The van der Waals surface area contributed by atoms with Gasteiger partial charge in [0.05, 0.1) is 5.56 Å². The highest BCUT2D eigenvalue weighted by Crippen LogP contribution is 2.31. The molecule has 0 unspecified atom stereocenters. The number of carbonyl (C=O) groups excluding carboxylic acids is 1. The van der Waals surface area contributed by atoms with Gasteiger partial charge in [-0.1, -0.05) is 15.9 Å². The summed E-state index contributed by atoms with van der Waals surface area (Å²) in [6.07, 6.45) is 0. The molecule has 0 saturated carbocycles. The monoisotopic (exact) mass is 334 g/mol. The third-order valence-corrected chi connectivity index (χ3v) is 4.16. The molecule has 4 nitrogen and oxygen atoms in total. The van der Waals surface area contributed by atoms with E-state index in [2.05, 4.69) is 15.9 Å². The van der Waals surface area contributed by atoms with Gasteiger partial charge in [0.15, 0.2) is 0 Å². The molecule has 2 rings (SSSR count). The van der Waals surface area contributed by atoms with Gasteiger partial charge in [-0.15, -0.1) is 0 Å². The molecule has 2 aromatic rings. The Bertz CT molecular complexity index is 661. The van der Waals surface area contributed by atoms with Gasteiger partial charge in [0.1, 0.15) is 11.5 Å². The first kappa shape index (κ1) is 14.4. The van der Waals surface area contributed by atoms with E-state index in [4.69, 9.17) is 16.2 Å². The molecule has 0 bridgehead atoms. The van der Waals surface area contributed by atoms with E-state index in [0.717, 1.165) is 15.6 Å². The van der Waals surface area contributed by atoms with Crippen LogP contribution in [0.1, 0.15) is 21.5 Å². The van der Waals surface area contributed by atoms with Gasteiger partial charge in [-0.3, -0.25) is 4.79 Å². The third-order valence-electron chi connectivity index (χ3n) is 2.91. The molecule has 0 heterocycles. The highest BCUT2D eigenvalue weighted by molar-refractivity contribution is 9.10. The van der Waals surface area contributed by atoms with E-state index in [-0.39, 0.29) is 0 Å². The molecule has 4 N–H and O–H groups in total. The second-order valence-corrected chi connectivity index (χ2v) is 5.39. The van der Waals surface area contributed by atoms with Crippen LogP contribution in [0.2, 0.25) is 0 Å². The highest BCUT2D eigenvalue weighted by atomic mass is 79.9. The van der Waals surface area contributed by atoms with Crippen LogP contribution in [0.3, 0.4) is 0 Å². The van der Waals surface area contributed by atoms with E-state index >= 15 is 0 Å². The van der Waals surface area contributed by atoms with Crippen LogP contribution < -0.4 is 16.2 Å². The molecule has 0 saturated heterocycles. The maximum atomic E-state index is 11.4. The SMILES string of the molecule is Cc1cc(Oc2cc(N)ccc2C(N)=O)cc(C)c1Br. The van der Waals surface area contributed by atoms with Gasteiger partial charge in [-0.25, -0.2) is 0 Å². The summed E-state index contributed by atoms with van der Waals surface area (Å²) in [6.45, 7) is 3.94. The van der Waals surface area contributed by atoms with Crippen molar-refractivity contribution >= 4 is 27.5 Å². The number of amides is 1. The quantitative estimate of drug-likeness (QED) is 0.842. The van der Waals surface area contributed by atoms with Crippen molar-refractivity contribution in [1.82, 2.24) is 0 Å². The maximum absolute atomic E-state index is 11.4. The number of carbonyl (C=O) groups is 1. The van der Waals surface area contributed by atoms with Gasteiger partial charge >= 0.3 is 0 Å². The lowest BCUT2D eigenvalue weighted by Gasteiger charge is -2.12. The van der Waals surface area contributed by atoms with Crippen LogP contribution >= 0.6 is 15.9 Å². The van der Waals surface area contributed by atoms with Crippen molar-refractivity contribution in [3.63, 3.8) is 0 Å². The van der Waals surface area contributed by atoms with Crippen molar-refractivity contribution < 1.29 is 9.53 Å². The normalized spacial score (nSPS) is 10.3. The van der Waals surface area contributed by atoms with E-state index in [1.807, 2.05) is 26.0 Å². The Morgan fingerprint density at radius 1 is 1.15 bits per heavy atom. The molecule has 0 atom stereocenters. The lowest BCUT2D eigenvalue weighted by molar-refractivity contribution is 0.0998. The Labute approximate surface area is 125 Å². The summed E-state index contributed by atoms with van der Waals surface area (Å²) in [5.41, 5.74) is 14.0. The number of hydrogen-bond donors (Lipinski definition) is 2. The number of ether oxygens (including phenoxy) is 1. The van der Waals surface area contributed by atoms with Crippen LogP contribution in [-0.4, -0.2) is 5.91 Å².